The van der Waals surface area contributed by atoms with Gasteiger partial charge in [0.2, 0.25) is 0 Å². The number of imidazole rings is 1. The predicted molar refractivity (Wildman–Crippen MR) is 145 cm³/mol. The summed E-state index contributed by atoms with van der Waals surface area (Å²) in [6.07, 6.45) is 2.52. The Bertz CT molecular complexity index is 1540. The summed E-state index contributed by atoms with van der Waals surface area (Å²) in [6, 6.07) is 15.0. The number of carbonyl (C=O) groups excluding carboxylic acids is 1. The number of nitrogens with zero attached hydrogens (tertiary/aromatic N) is 5. The fourth-order valence-electron chi connectivity index (χ4n) is 5.44. The number of pyridine rings is 1. The monoisotopic (exact) mass is 532 g/mol. The number of alkyl halides is 2. The van der Waals surface area contributed by atoms with E-state index in [4.69, 9.17) is 4.74 Å². The summed E-state index contributed by atoms with van der Waals surface area (Å²) in [5.41, 5.74) is 4.57. The van der Waals surface area contributed by atoms with Crippen LogP contribution in [0.3, 0.4) is 0 Å². The number of para-hydroxylation sites is 1. The molecular formula is C29H30F2N6O2. The summed E-state index contributed by atoms with van der Waals surface area (Å²) in [5.74, 6) is -2.35. The van der Waals surface area contributed by atoms with E-state index in [0.29, 0.717) is 17.8 Å². The zero-order valence-corrected chi connectivity index (χ0v) is 22.0. The minimum absolute atomic E-state index is 0.208. The van der Waals surface area contributed by atoms with Crippen molar-refractivity contribution in [2.24, 2.45) is 0 Å². The summed E-state index contributed by atoms with van der Waals surface area (Å²) in [4.78, 5) is 25.4. The molecule has 2 aromatic carbocycles. The molecule has 39 heavy (non-hydrogen) atoms. The van der Waals surface area contributed by atoms with Gasteiger partial charge in [0.15, 0.2) is 5.69 Å². The Balaban J connectivity index is 1.12. The minimum atomic E-state index is -2.96. The van der Waals surface area contributed by atoms with Gasteiger partial charge in [-0.25, -0.2) is 9.97 Å². The number of hydrogen-bond donors (Lipinski definition) is 1. The third-order valence-corrected chi connectivity index (χ3v) is 7.57. The van der Waals surface area contributed by atoms with Gasteiger partial charge in [-0.15, -0.1) is 0 Å². The molecule has 0 atom stereocenters. The largest absolute Gasteiger partial charge is 0.485 e. The van der Waals surface area contributed by atoms with Gasteiger partial charge in [0.25, 0.3) is 11.8 Å². The second kappa shape index (κ2) is 9.92. The summed E-state index contributed by atoms with van der Waals surface area (Å²) >= 11 is 0. The van der Waals surface area contributed by atoms with E-state index in [9.17, 15) is 13.6 Å². The highest BCUT2D eigenvalue weighted by molar-refractivity contribution is 5.93. The summed E-state index contributed by atoms with van der Waals surface area (Å²) in [5, 5.41) is 3.52. The van der Waals surface area contributed by atoms with Crippen LogP contribution in [-0.4, -0.2) is 65.1 Å². The van der Waals surface area contributed by atoms with Crippen molar-refractivity contribution < 1.29 is 18.3 Å². The van der Waals surface area contributed by atoms with E-state index in [1.807, 2.05) is 28.8 Å². The molecule has 0 unspecified atom stereocenters. The molecule has 0 radical (unpaired) electrons. The molecule has 1 fully saturated rings. The van der Waals surface area contributed by atoms with Crippen LogP contribution in [0.2, 0.25) is 0 Å². The molecule has 0 saturated carbocycles. The molecule has 10 heteroatoms. The molecule has 202 valence electrons. The quantitative estimate of drug-likeness (QED) is 0.402. The Labute approximate surface area is 225 Å². The number of ether oxygens (including phenoxy) is 1. The molecule has 8 nitrogen and oxygen atoms in total. The van der Waals surface area contributed by atoms with E-state index in [0.717, 1.165) is 79.8 Å². The van der Waals surface area contributed by atoms with Crippen molar-refractivity contribution in [3.63, 3.8) is 0 Å². The van der Waals surface area contributed by atoms with E-state index in [1.54, 1.807) is 25.5 Å². The highest BCUT2D eigenvalue weighted by Crippen LogP contribution is 2.35. The molecule has 1 saturated heterocycles. The van der Waals surface area contributed by atoms with Gasteiger partial charge in [-0.1, -0.05) is 18.2 Å². The molecule has 0 bridgehead atoms. The van der Waals surface area contributed by atoms with Crippen LogP contribution in [0.5, 0.6) is 5.75 Å². The number of rotatable bonds is 6. The zero-order chi connectivity index (χ0) is 27.1. The zero-order valence-electron chi connectivity index (χ0n) is 22.0. The lowest BCUT2D eigenvalue weighted by atomic mass is 10.1. The van der Waals surface area contributed by atoms with Crippen LogP contribution in [-0.2, 0) is 19.0 Å². The number of benzene rings is 2. The number of nitrogens with one attached hydrogen (secondary N) is 1. The normalized spacial score (nSPS) is 15.5. The second-order valence-corrected chi connectivity index (χ2v) is 10.1. The molecule has 4 heterocycles. The molecule has 2 aromatic heterocycles. The number of hydrogen-bond acceptors (Lipinski definition) is 6. The van der Waals surface area contributed by atoms with Gasteiger partial charge in [0, 0.05) is 57.8 Å². The highest BCUT2D eigenvalue weighted by Gasteiger charge is 2.28. The Hall–Kier alpha value is -4.05. The number of aromatic nitrogens is 3. The van der Waals surface area contributed by atoms with Gasteiger partial charge >= 0.3 is 0 Å². The third kappa shape index (κ3) is 4.69. The van der Waals surface area contributed by atoms with Gasteiger partial charge in [-0.2, -0.15) is 8.78 Å². The van der Waals surface area contributed by atoms with E-state index < -0.39 is 5.92 Å². The lowest BCUT2D eigenvalue weighted by Crippen LogP contribution is -2.47. The average molecular weight is 533 g/mol. The van der Waals surface area contributed by atoms with Gasteiger partial charge < -0.3 is 15.0 Å². The first-order valence-electron chi connectivity index (χ1n) is 13.1. The highest BCUT2D eigenvalue weighted by atomic mass is 19.3. The minimum Gasteiger partial charge on any atom is -0.485 e. The van der Waals surface area contributed by atoms with Crippen LogP contribution in [0.25, 0.3) is 16.6 Å². The smallest absolute Gasteiger partial charge is 0.286 e. The molecule has 0 spiro atoms. The summed E-state index contributed by atoms with van der Waals surface area (Å²) in [6.45, 7) is 5.53. The number of fused-ring (bicyclic) bond motifs is 4. The SMILES string of the molecule is CNC(=O)c1ncn2c1COc1c(CCN3CCN(c4cccc5nc(C(C)(F)F)ccc45)CC3)cccc1-2. The van der Waals surface area contributed by atoms with Crippen molar-refractivity contribution in [2.45, 2.75) is 25.9 Å². The molecule has 0 aliphatic carbocycles. The lowest BCUT2D eigenvalue weighted by Gasteiger charge is -2.36. The Kier molecular flexibility index (Phi) is 6.42. The predicted octanol–water partition coefficient (Wildman–Crippen LogP) is 4.15. The number of amides is 1. The molecule has 4 aromatic rings. The van der Waals surface area contributed by atoms with Gasteiger partial charge in [-0.3, -0.25) is 14.3 Å². The first-order chi connectivity index (χ1) is 18.8. The van der Waals surface area contributed by atoms with Crippen molar-refractivity contribution in [3.05, 3.63) is 77.5 Å². The van der Waals surface area contributed by atoms with Crippen LogP contribution < -0.4 is 15.0 Å². The van der Waals surface area contributed by atoms with Crippen molar-refractivity contribution in [2.75, 3.05) is 44.7 Å². The van der Waals surface area contributed by atoms with E-state index in [1.165, 1.54) is 6.07 Å². The summed E-state index contributed by atoms with van der Waals surface area (Å²) < 4.78 is 35.6. The topological polar surface area (TPSA) is 75.5 Å². The first kappa shape index (κ1) is 25.2. The van der Waals surface area contributed by atoms with E-state index in [-0.39, 0.29) is 11.6 Å². The third-order valence-electron chi connectivity index (χ3n) is 7.57. The lowest BCUT2D eigenvalue weighted by molar-refractivity contribution is 0.0131. The molecule has 6 rings (SSSR count). The van der Waals surface area contributed by atoms with E-state index >= 15 is 0 Å². The van der Waals surface area contributed by atoms with Crippen LogP contribution in [0.15, 0.2) is 54.9 Å². The van der Waals surface area contributed by atoms with Crippen LogP contribution in [0, 0.1) is 0 Å². The molecular weight excluding hydrogens is 502 g/mol. The molecule has 1 amide bonds. The van der Waals surface area contributed by atoms with Gasteiger partial charge in [0.05, 0.1) is 16.9 Å². The maximum Gasteiger partial charge on any atom is 0.286 e. The van der Waals surface area contributed by atoms with Crippen LogP contribution in [0.4, 0.5) is 14.5 Å². The molecule has 2 aliphatic heterocycles. The fourth-order valence-corrected chi connectivity index (χ4v) is 5.44. The molecule has 2 aliphatic rings. The molecule has 1 N–H and O–H groups in total. The van der Waals surface area contributed by atoms with Crippen molar-refractivity contribution in [1.82, 2.24) is 24.8 Å². The standard InChI is InChI=1S/C29H30F2N6O2/c1-29(30,31)25-10-9-20-21(34-25)6-4-7-22(20)36-15-13-35(14-16-36)12-11-19-5-3-8-23-27(19)39-17-24-26(28(38)32-2)33-18-37(23)24/h3-10,18H,11-17H2,1-2H3,(H,32,38). The first-order valence-corrected chi connectivity index (χ1v) is 13.1. The van der Waals surface area contributed by atoms with Crippen molar-refractivity contribution in [1.29, 1.82) is 0 Å². The number of halogens is 2. The van der Waals surface area contributed by atoms with Gasteiger partial charge in [-0.05, 0) is 42.3 Å². The second-order valence-electron chi connectivity index (χ2n) is 10.1. The van der Waals surface area contributed by atoms with Crippen LogP contribution in [0.1, 0.15) is 34.4 Å². The average Bonchev–Trinajstić information content (AvgIpc) is 3.39. The number of piperazine rings is 1. The number of anilines is 1. The van der Waals surface area contributed by atoms with Gasteiger partial charge in [0.1, 0.15) is 24.4 Å². The summed E-state index contributed by atoms with van der Waals surface area (Å²) in [7, 11) is 1.59. The van der Waals surface area contributed by atoms with E-state index in [2.05, 4.69) is 31.2 Å². The van der Waals surface area contributed by atoms with Crippen molar-refractivity contribution >= 4 is 22.5 Å². The maximum absolute atomic E-state index is 13.8. The Morgan fingerprint density at radius 3 is 2.59 bits per heavy atom. The fraction of sp³-hybridized carbons (Fsp3) is 0.345. The van der Waals surface area contributed by atoms with Crippen LogP contribution >= 0.6 is 0 Å². The number of carbonyl (C=O) groups is 1. The Morgan fingerprint density at radius 1 is 1.05 bits per heavy atom. The maximum atomic E-state index is 13.8. The Morgan fingerprint density at radius 2 is 1.82 bits per heavy atom. The van der Waals surface area contributed by atoms with Crippen molar-refractivity contribution in [3.8, 4) is 11.4 Å².